The fourth-order valence-corrected chi connectivity index (χ4v) is 3.55. The van der Waals surface area contributed by atoms with Gasteiger partial charge in [0.05, 0.1) is 0 Å². The first-order valence-corrected chi connectivity index (χ1v) is 9.50. The molecule has 0 aliphatic carbocycles. The van der Waals surface area contributed by atoms with Crippen LogP contribution < -0.4 is 10.2 Å². The lowest BCUT2D eigenvalue weighted by molar-refractivity contribution is 0.726. The molecule has 1 aliphatic heterocycles. The number of anilines is 2. The van der Waals surface area contributed by atoms with E-state index in [1.54, 1.807) is 0 Å². The average molecular weight is 355 g/mol. The van der Waals surface area contributed by atoms with Crippen LogP contribution in [0.4, 0.5) is 11.4 Å². The largest absolute Gasteiger partial charge is 0.371 e. The van der Waals surface area contributed by atoms with Gasteiger partial charge in [0.25, 0.3) is 0 Å². The third kappa shape index (κ3) is 4.38. The Labute approximate surface area is 156 Å². The van der Waals surface area contributed by atoms with Gasteiger partial charge < -0.3 is 10.2 Å². The van der Waals surface area contributed by atoms with E-state index in [0.29, 0.717) is 0 Å². The summed E-state index contributed by atoms with van der Waals surface area (Å²) in [5, 5.41) is 4.16. The van der Waals surface area contributed by atoms with Crippen molar-refractivity contribution in [1.29, 1.82) is 0 Å². The lowest BCUT2D eigenvalue weighted by Gasteiger charge is -2.25. The van der Waals surface area contributed by atoms with Crippen LogP contribution in [0.25, 0.3) is 5.70 Å². The molecular weight excluding hydrogens is 328 g/mol. The minimum absolute atomic E-state index is 0.770. The average Bonchev–Trinajstić information content (AvgIpc) is 2.88. The normalized spacial score (nSPS) is 14.9. The summed E-state index contributed by atoms with van der Waals surface area (Å²) >= 11 is 6.23. The molecule has 0 spiro atoms. The SMILES string of the molecule is C=C(Nc1ccc(C)c(Cl)c1)c1ccc(C)c(N2CCCCCC2)c1. The van der Waals surface area contributed by atoms with Crippen molar-refractivity contribution < 1.29 is 0 Å². The monoisotopic (exact) mass is 354 g/mol. The van der Waals surface area contributed by atoms with E-state index in [2.05, 4.69) is 41.9 Å². The van der Waals surface area contributed by atoms with Crippen molar-refractivity contribution in [2.45, 2.75) is 39.5 Å². The second-order valence-corrected chi connectivity index (χ2v) is 7.38. The number of nitrogens with zero attached hydrogens (tertiary/aromatic N) is 1. The molecule has 0 saturated carbocycles. The molecule has 1 fully saturated rings. The smallest absolute Gasteiger partial charge is 0.0455 e. The van der Waals surface area contributed by atoms with Gasteiger partial charge in [-0.1, -0.05) is 49.2 Å². The van der Waals surface area contributed by atoms with E-state index in [0.717, 1.165) is 40.6 Å². The Bertz CT molecular complexity index is 759. The van der Waals surface area contributed by atoms with E-state index in [9.17, 15) is 0 Å². The van der Waals surface area contributed by atoms with Gasteiger partial charge in [-0.15, -0.1) is 0 Å². The Morgan fingerprint density at radius 2 is 1.64 bits per heavy atom. The van der Waals surface area contributed by atoms with Crippen LogP contribution in [0, 0.1) is 13.8 Å². The molecule has 0 unspecified atom stereocenters. The van der Waals surface area contributed by atoms with Crippen molar-refractivity contribution in [3.63, 3.8) is 0 Å². The Hall–Kier alpha value is -1.93. The minimum Gasteiger partial charge on any atom is -0.371 e. The molecule has 25 heavy (non-hydrogen) atoms. The van der Waals surface area contributed by atoms with Crippen molar-refractivity contribution >= 4 is 28.7 Å². The summed E-state index contributed by atoms with van der Waals surface area (Å²) in [6.07, 6.45) is 5.25. The van der Waals surface area contributed by atoms with Crippen molar-refractivity contribution in [3.05, 3.63) is 64.7 Å². The Morgan fingerprint density at radius 3 is 2.32 bits per heavy atom. The van der Waals surface area contributed by atoms with Gasteiger partial charge in [-0.25, -0.2) is 0 Å². The molecule has 1 saturated heterocycles. The van der Waals surface area contributed by atoms with Crippen LogP contribution >= 0.6 is 11.6 Å². The number of aryl methyl sites for hydroxylation is 2. The molecule has 3 rings (SSSR count). The first kappa shape index (κ1) is 17.9. The van der Waals surface area contributed by atoms with E-state index in [1.807, 2.05) is 25.1 Å². The van der Waals surface area contributed by atoms with Gasteiger partial charge in [-0.3, -0.25) is 0 Å². The molecular formula is C22H27ClN2. The summed E-state index contributed by atoms with van der Waals surface area (Å²) in [6, 6.07) is 12.6. The maximum absolute atomic E-state index is 6.23. The van der Waals surface area contributed by atoms with E-state index in [-0.39, 0.29) is 0 Å². The van der Waals surface area contributed by atoms with E-state index in [4.69, 9.17) is 11.6 Å². The maximum atomic E-state index is 6.23. The number of nitrogens with one attached hydrogen (secondary N) is 1. The molecule has 2 aromatic rings. The second kappa shape index (κ2) is 7.97. The van der Waals surface area contributed by atoms with Crippen molar-refractivity contribution in [2.24, 2.45) is 0 Å². The quantitative estimate of drug-likeness (QED) is 0.681. The predicted molar refractivity (Wildman–Crippen MR) is 111 cm³/mol. The van der Waals surface area contributed by atoms with E-state index < -0.39 is 0 Å². The van der Waals surface area contributed by atoms with Crippen molar-refractivity contribution in [1.82, 2.24) is 0 Å². The predicted octanol–water partition coefficient (Wildman–Crippen LogP) is 6.42. The van der Waals surface area contributed by atoms with E-state index in [1.165, 1.54) is 36.9 Å². The molecule has 0 bridgehead atoms. The Morgan fingerprint density at radius 1 is 0.960 bits per heavy atom. The molecule has 0 amide bonds. The highest BCUT2D eigenvalue weighted by atomic mass is 35.5. The van der Waals surface area contributed by atoms with Crippen molar-refractivity contribution in [2.75, 3.05) is 23.3 Å². The number of benzene rings is 2. The topological polar surface area (TPSA) is 15.3 Å². The molecule has 3 heteroatoms. The summed E-state index contributed by atoms with van der Waals surface area (Å²) in [5.41, 5.74) is 6.74. The maximum Gasteiger partial charge on any atom is 0.0455 e. The standard InChI is InChI=1S/C22H27ClN2/c1-16-9-11-20(15-21(16)23)24-18(3)19-10-8-17(2)22(14-19)25-12-6-4-5-7-13-25/h8-11,14-15,24H,3-7,12-13H2,1-2H3. The summed E-state index contributed by atoms with van der Waals surface area (Å²) < 4.78 is 0. The zero-order valence-electron chi connectivity index (χ0n) is 15.2. The number of rotatable bonds is 4. The zero-order chi connectivity index (χ0) is 17.8. The zero-order valence-corrected chi connectivity index (χ0v) is 16.0. The highest BCUT2D eigenvalue weighted by molar-refractivity contribution is 6.31. The highest BCUT2D eigenvalue weighted by Gasteiger charge is 2.13. The van der Waals surface area contributed by atoms with Crippen LogP contribution in [0.5, 0.6) is 0 Å². The van der Waals surface area contributed by atoms with Gasteiger partial charge in [0, 0.05) is 35.2 Å². The summed E-state index contributed by atoms with van der Waals surface area (Å²) in [4.78, 5) is 2.53. The van der Waals surface area contributed by atoms with Gasteiger partial charge in [0.1, 0.15) is 0 Å². The van der Waals surface area contributed by atoms with Gasteiger partial charge in [-0.05, 0) is 61.6 Å². The number of halogens is 1. The minimum atomic E-state index is 0.770. The van der Waals surface area contributed by atoms with Gasteiger partial charge in [-0.2, -0.15) is 0 Å². The Balaban J connectivity index is 1.80. The summed E-state index contributed by atoms with van der Waals surface area (Å²) in [5.74, 6) is 0. The highest BCUT2D eigenvalue weighted by Crippen LogP contribution is 2.28. The third-order valence-corrected chi connectivity index (χ3v) is 5.38. The molecule has 2 nitrogen and oxygen atoms in total. The summed E-state index contributed by atoms with van der Waals surface area (Å²) in [7, 11) is 0. The Kier molecular flexibility index (Phi) is 5.70. The molecule has 0 radical (unpaired) electrons. The van der Waals surface area contributed by atoms with Crippen LogP contribution in [0.2, 0.25) is 5.02 Å². The van der Waals surface area contributed by atoms with Crippen LogP contribution in [0.1, 0.15) is 42.4 Å². The number of hydrogen-bond donors (Lipinski definition) is 1. The molecule has 0 atom stereocenters. The molecule has 2 aromatic carbocycles. The lowest BCUT2D eigenvalue weighted by Crippen LogP contribution is -2.24. The van der Waals surface area contributed by atoms with E-state index >= 15 is 0 Å². The first-order chi connectivity index (χ1) is 12.0. The second-order valence-electron chi connectivity index (χ2n) is 6.97. The molecule has 1 aliphatic rings. The summed E-state index contributed by atoms with van der Waals surface area (Å²) in [6.45, 7) is 10.7. The van der Waals surface area contributed by atoms with Crippen LogP contribution in [0.15, 0.2) is 43.0 Å². The number of hydrogen-bond acceptors (Lipinski definition) is 2. The van der Waals surface area contributed by atoms with Crippen LogP contribution in [-0.4, -0.2) is 13.1 Å². The molecule has 1 heterocycles. The lowest BCUT2D eigenvalue weighted by atomic mass is 10.1. The fraction of sp³-hybridized carbons (Fsp3) is 0.364. The molecule has 1 N–H and O–H groups in total. The first-order valence-electron chi connectivity index (χ1n) is 9.12. The van der Waals surface area contributed by atoms with Crippen LogP contribution in [0.3, 0.4) is 0 Å². The van der Waals surface area contributed by atoms with Gasteiger partial charge in [0.2, 0.25) is 0 Å². The van der Waals surface area contributed by atoms with Crippen LogP contribution in [-0.2, 0) is 0 Å². The fourth-order valence-electron chi connectivity index (χ4n) is 3.37. The third-order valence-electron chi connectivity index (χ3n) is 4.97. The molecule has 0 aromatic heterocycles. The van der Waals surface area contributed by atoms with Crippen molar-refractivity contribution in [3.8, 4) is 0 Å². The van der Waals surface area contributed by atoms with Gasteiger partial charge >= 0.3 is 0 Å². The van der Waals surface area contributed by atoms with Gasteiger partial charge in [0.15, 0.2) is 0 Å². The molecule has 132 valence electrons.